The molecular formula is C31H29N5O. The van der Waals surface area contributed by atoms with E-state index in [1.54, 1.807) is 0 Å². The second kappa shape index (κ2) is 9.13. The van der Waals surface area contributed by atoms with Crippen molar-refractivity contribution in [3.63, 3.8) is 0 Å². The third-order valence-corrected chi connectivity index (χ3v) is 7.31. The lowest BCUT2D eigenvalue weighted by Crippen LogP contribution is -2.38. The third-order valence-electron chi connectivity index (χ3n) is 7.31. The number of carbonyl (C=O) groups is 1. The summed E-state index contributed by atoms with van der Waals surface area (Å²) in [6.45, 7) is 6.54. The molecule has 0 saturated carbocycles. The normalized spacial score (nSPS) is 14.6. The van der Waals surface area contributed by atoms with Crippen molar-refractivity contribution in [3.8, 4) is 11.5 Å². The predicted octanol–water partition coefficient (Wildman–Crippen LogP) is 6.73. The molecule has 0 bridgehead atoms. The van der Waals surface area contributed by atoms with Gasteiger partial charge in [-0.3, -0.25) is 0 Å². The van der Waals surface area contributed by atoms with E-state index in [1.165, 1.54) is 0 Å². The maximum atomic E-state index is 14.1. The Bertz CT molecular complexity index is 1580. The SMILES string of the molecule is Cc1cccc(NC(=O)N2Cc3c(C)nn(-c4ccccc4)c3-n3cccc3[C@H]2c2ccccc2)c1C. The molecule has 0 spiro atoms. The van der Waals surface area contributed by atoms with Gasteiger partial charge in [-0.2, -0.15) is 5.10 Å². The molecule has 0 saturated heterocycles. The summed E-state index contributed by atoms with van der Waals surface area (Å²) in [5.41, 5.74) is 8.01. The number of anilines is 1. The van der Waals surface area contributed by atoms with Crippen molar-refractivity contribution in [2.45, 2.75) is 33.4 Å². The van der Waals surface area contributed by atoms with Gasteiger partial charge in [-0.05, 0) is 67.8 Å². The number of benzene rings is 3. The van der Waals surface area contributed by atoms with Gasteiger partial charge in [0.25, 0.3) is 0 Å². The molecule has 2 amide bonds. The van der Waals surface area contributed by atoms with Crippen LogP contribution >= 0.6 is 0 Å². The van der Waals surface area contributed by atoms with Gasteiger partial charge in [0.2, 0.25) is 0 Å². The molecule has 37 heavy (non-hydrogen) atoms. The Morgan fingerprint density at radius 2 is 1.59 bits per heavy atom. The van der Waals surface area contributed by atoms with Crippen LogP contribution in [0.25, 0.3) is 11.5 Å². The number of para-hydroxylation sites is 1. The van der Waals surface area contributed by atoms with Gasteiger partial charge >= 0.3 is 6.03 Å². The number of nitrogens with zero attached hydrogens (tertiary/aromatic N) is 4. The van der Waals surface area contributed by atoms with Crippen LogP contribution in [-0.4, -0.2) is 25.3 Å². The molecule has 6 rings (SSSR count). The van der Waals surface area contributed by atoms with Crippen LogP contribution in [0.15, 0.2) is 97.2 Å². The average Bonchev–Trinajstić information content (AvgIpc) is 3.48. The highest BCUT2D eigenvalue weighted by molar-refractivity contribution is 5.91. The van der Waals surface area contributed by atoms with Crippen LogP contribution in [0.5, 0.6) is 0 Å². The Labute approximate surface area is 216 Å². The first-order chi connectivity index (χ1) is 18.0. The van der Waals surface area contributed by atoms with Crippen LogP contribution in [0.1, 0.15) is 39.7 Å². The van der Waals surface area contributed by atoms with Crippen LogP contribution in [0, 0.1) is 20.8 Å². The first-order valence-electron chi connectivity index (χ1n) is 12.5. The molecule has 5 aromatic rings. The highest BCUT2D eigenvalue weighted by atomic mass is 16.2. The Balaban J connectivity index is 1.53. The number of hydrogen-bond donors (Lipinski definition) is 1. The van der Waals surface area contributed by atoms with Crippen LogP contribution in [0.4, 0.5) is 10.5 Å². The molecule has 6 heteroatoms. The van der Waals surface area contributed by atoms with Gasteiger partial charge in [0.1, 0.15) is 5.82 Å². The monoisotopic (exact) mass is 487 g/mol. The zero-order valence-electron chi connectivity index (χ0n) is 21.2. The Hall–Kier alpha value is -4.58. The van der Waals surface area contributed by atoms with Gasteiger partial charge in [0.15, 0.2) is 0 Å². The van der Waals surface area contributed by atoms with E-state index >= 15 is 0 Å². The summed E-state index contributed by atoms with van der Waals surface area (Å²) >= 11 is 0. The maximum absolute atomic E-state index is 14.1. The van der Waals surface area contributed by atoms with Gasteiger partial charge in [0.05, 0.1) is 29.7 Å². The average molecular weight is 488 g/mol. The number of nitrogens with one attached hydrogen (secondary N) is 1. The lowest BCUT2D eigenvalue weighted by Gasteiger charge is -2.31. The lowest BCUT2D eigenvalue weighted by molar-refractivity contribution is 0.194. The van der Waals surface area contributed by atoms with Crippen molar-refractivity contribution < 1.29 is 4.79 Å². The molecule has 1 N–H and O–H groups in total. The van der Waals surface area contributed by atoms with Gasteiger partial charge in [0, 0.05) is 17.4 Å². The van der Waals surface area contributed by atoms with Crippen molar-refractivity contribution in [1.29, 1.82) is 0 Å². The summed E-state index contributed by atoms with van der Waals surface area (Å²) < 4.78 is 4.17. The first-order valence-corrected chi connectivity index (χ1v) is 12.5. The highest BCUT2D eigenvalue weighted by Crippen LogP contribution is 2.38. The van der Waals surface area contributed by atoms with Crippen LogP contribution < -0.4 is 5.32 Å². The Kier molecular flexibility index (Phi) is 5.64. The van der Waals surface area contributed by atoms with Crippen LogP contribution in [0.2, 0.25) is 0 Å². The minimum absolute atomic E-state index is 0.144. The first kappa shape index (κ1) is 22.9. The van der Waals surface area contributed by atoms with E-state index in [-0.39, 0.29) is 12.1 Å². The largest absolute Gasteiger partial charge is 0.322 e. The molecule has 3 heterocycles. The second-order valence-corrected chi connectivity index (χ2v) is 9.56. The number of carbonyl (C=O) groups excluding carboxylic acids is 1. The Morgan fingerprint density at radius 1 is 0.865 bits per heavy atom. The number of urea groups is 1. The fourth-order valence-corrected chi connectivity index (χ4v) is 5.21. The van der Waals surface area contributed by atoms with E-state index in [4.69, 9.17) is 5.10 Å². The predicted molar refractivity (Wildman–Crippen MR) is 146 cm³/mol. The number of aromatic nitrogens is 3. The Morgan fingerprint density at radius 3 is 2.35 bits per heavy atom. The van der Waals surface area contributed by atoms with E-state index in [9.17, 15) is 4.79 Å². The molecule has 0 radical (unpaired) electrons. The van der Waals surface area contributed by atoms with Gasteiger partial charge < -0.3 is 14.8 Å². The number of fused-ring (bicyclic) bond motifs is 3. The van der Waals surface area contributed by atoms with Gasteiger partial charge in [-0.15, -0.1) is 0 Å². The minimum atomic E-state index is -0.280. The summed E-state index contributed by atoms with van der Waals surface area (Å²) in [7, 11) is 0. The molecule has 184 valence electrons. The topological polar surface area (TPSA) is 55.1 Å². The van der Waals surface area contributed by atoms with Crippen molar-refractivity contribution >= 4 is 11.7 Å². The van der Waals surface area contributed by atoms with Gasteiger partial charge in [-0.25, -0.2) is 9.48 Å². The maximum Gasteiger partial charge on any atom is 0.322 e. The second-order valence-electron chi connectivity index (χ2n) is 9.56. The summed E-state index contributed by atoms with van der Waals surface area (Å²) in [5, 5.41) is 8.13. The fraction of sp³-hybridized carbons (Fsp3) is 0.161. The van der Waals surface area contributed by atoms with Crippen LogP contribution in [0.3, 0.4) is 0 Å². The molecule has 6 nitrogen and oxygen atoms in total. The summed E-state index contributed by atoms with van der Waals surface area (Å²) in [4.78, 5) is 16.0. The van der Waals surface area contributed by atoms with Crippen molar-refractivity contribution in [2.75, 3.05) is 5.32 Å². The number of aryl methyl sites for hydroxylation is 2. The fourth-order valence-electron chi connectivity index (χ4n) is 5.21. The quantitative estimate of drug-likeness (QED) is 0.307. The van der Waals surface area contributed by atoms with E-state index in [1.807, 2.05) is 78.0 Å². The zero-order chi connectivity index (χ0) is 25.5. The summed E-state index contributed by atoms with van der Waals surface area (Å²) in [6, 6.07) is 30.1. The lowest BCUT2D eigenvalue weighted by atomic mass is 10.0. The molecule has 0 fully saturated rings. The third kappa shape index (κ3) is 3.91. The molecule has 2 aromatic heterocycles. The number of hydrogen-bond acceptors (Lipinski definition) is 2. The number of amides is 2. The standard InChI is InChI=1S/C31H29N5O/c1-21-12-10-17-27(22(21)2)32-31(37)35-20-26-23(3)33-36(25-15-8-5-9-16-25)30(26)34-19-11-18-28(34)29(35)24-13-6-4-7-14-24/h4-19,29H,20H2,1-3H3,(H,32,37)/t29-/m1/s1. The highest BCUT2D eigenvalue weighted by Gasteiger charge is 2.36. The van der Waals surface area contributed by atoms with Crippen molar-refractivity contribution in [2.24, 2.45) is 0 Å². The van der Waals surface area contributed by atoms with Gasteiger partial charge in [-0.1, -0.05) is 60.7 Å². The molecule has 1 aliphatic heterocycles. The summed E-state index contributed by atoms with van der Waals surface area (Å²) in [5.74, 6) is 0.965. The molecule has 0 aliphatic carbocycles. The van der Waals surface area contributed by atoms with E-state index in [0.29, 0.717) is 6.54 Å². The number of rotatable bonds is 3. The zero-order valence-corrected chi connectivity index (χ0v) is 21.2. The smallest absolute Gasteiger partial charge is 0.308 e. The molecule has 1 aliphatic rings. The minimum Gasteiger partial charge on any atom is -0.308 e. The molecule has 3 aromatic carbocycles. The molecular weight excluding hydrogens is 458 g/mol. The van der Waals surface area contributed by atoms with E-state index < -0.39 is 0 Å². The van der Waals surface area contributed by atoms with E-state index in [0.717, 1.165) is 50.8 Å². The molecule has 0 unspecified atom stereocenters. The molecule has 1 atom stereocenters. The summed E-state index contributed by atoms with van der Waals surface area (Å²) in [6.07, 6.45) is 2.07. The van der Waals surface area contributed by atoms with Crippen molar-refractivity contribution in [1.82, 2.24) is 19.2 Å². The van der Waals surface area contributed by atoms with E-state index in [2.05, 4.69) is 59.4 Å². The van der Waals surface area contributed by atoms with Crippen LogP contribution in [-0.2, 0) is 6.54 Å². The van der Waals surface area contributed by atoms with Crippen molar-refractivity contribution in [3.05, 3.63) is 131 Å².